The number of ether oxygens (including phenoxy) is 8. The molecule has 2 heterocycles. The molecule has 2 aromatic rings. The number of amides is 3. The Morgan fingerprint density at radius 2 is 1.32 bits per heavy atom. The molecule has 3 amide bonds. The van der Waals surface area contributed by atoms with Crippen LogP contribution in [0.25, 0.3) is 0 Å². The van der Waals surface area contributed by atoms with E-state index in [0.717, 1.165) is 49.3 Å². The fourth-order valence-electron chi connectivity index (χ4n) is 9.90. The van der Waals surface area contributed by atoms with E-state index in [4.69, 9.17) is 37.9 Å². The van der Waals surface area contributed by atoms with Crippen LogP contribution in [0.5, 0.6) is 0 Å². The van der Waals surface area contributed by atoms with Gasteiger partial charge in [0.25, 0.3) is 0 Å². The summed E-state index contributed by atoms with van der Waals surface area (Å²) in [5, 5.41) is 2.72. The first-order valence-electron chi connectivity index (χ1n) is 26.7. The summed E-state index contributed by atoms with van der Waals surface area (Å²) < 4.78 is 77.4. The molecule has 15 nitrogen and oxygen atoms in total. The number of imide groups is 1. The molecule has 0 bridgehead atoms. The second kappa shape index (κ2) is 25.3. The molecule has 412 valence electrons. The average Bonchev–Trinajstić information content (AvgIpc) is 4.22. The summed E-state index contributed by atoms with van der Waals surface area (Å²) in [5.41, 5.74) is -0.401. The molecule has 74 heavy (non-hydrogen) atoms. The van der Waals surface area contributed by atoms with Gasteiger partial charge in [0.15, 0.2) is 0 Å². The Hall–Kier alpha value is -4.87. The lowest BCUT2D eigenvalue weighted by atomic mass is 9.86. The van der Waals surface area contributed by atoms with Gasteiger partial charge in [-0.05, 0) is 186 Å². The molecule has 4 aliphatic rings. The number of nitrogens with one attached hydrogen (secondary N) is 1. The van der Waals surface area contributed by atoms with Crippen LogP contribution in [-0.2, 0) is 60.5 Å². The monoisotopic (exact) mass is 1040 g/mol. The van der Waals surface area contributed by atoms with Crippen molar-refractivity contribution in [3.05, 3.63) is 70.8 Å². The van der Waals surface area contributed by atoms with Crippen molar-refractivity contribution in [1.29, 1.82) is 0 Å². The van der Waals surface area contributed by atoms with E-state index in [2.05, 4.69) is 17.4 Å². The van der Waals surface area contributed by atoms with E-state index in [9.17, 15) is 28.4 Å². The van der Waals surface area contributed by atoms with Gasteiger partial charge in [-0.3, -0.25) is 0 Å². The summed E-state index contributed by atoms with van der Waals surface area (Å²) in [6, 6.07) is 9.38. The third-order valence-corrected chi connectivity index (χ3v) is 13.7. The first-order valence-corrected chi connectivity index (χ1v) is 26.7. The van der Waals surface area contributed by atoms with E-state index in [1.807, 2.05) is 19.1 Å². The first kappa shape index (κ1) is 58.4. The van der Waals surface area contributed by atoms with Gasteiger partial charge in [0.1, 0.15) is 52.7 Å². The van der Waals surface area contributed by atoms with Gasteiger partial charge < -0.3 is 43.2 Å². The second-order valence-electron chi connectivity index (χ2n) is 23.9. The largest absolute Gasteiger partial charge is 0.458 e. The van der Waals surface area contributed by atoms with Gasteiger partial charge in [-0.15, -0.1) is 0 Å². The van der Waals surface area contributed by atoms with Gasteiger partial charge in [0.05, 0.1) is 18.8 Å². The highest BCUT2D eigenvalue weighted by Crippen LogP contribution is 2.48. The van der Waals surface area contributed by atoms with Gasteiger partial charge >= 0.3 is 30.2 Å². The van der Waals surface area contributed by atoms with Crippen molar-refractivity contribution in [2.45, 2.75) is 213 Å². The maximum absolute atomic E-state index is 15.3. The van der Waals surface area contributed by atoms with Crippen LogP contribution in [0.4, 0.5) is 23.2 Å². The van der Waals surface area contributed by atoms with Crippen LogP contribution in [0.1, 0.15) is 163 Å². The molecule has 0 spiro atoms. The van der Waals surface area contributed by atoms with E-state index in [0.29, 0.717) is 62.2 Å². The highest BCUT2D eigenvalue weighted by atomic mass is 19.1. The molecule has 2 aliphatic heterocycles. The third-order valence-electron chi connectivity index (χ3n) is 13.7. The third kappa shape index (κ3) is 18.2. The number of rotatable bonds is 16. The van der Waals surface area contributed by atoms with Gasteiger partial charge in [-0.25, -0.2) is 32.8 Å². The van der Waals surface area contributed by atoms with Gasteiger partial charge in [0.2, 0.25) is 0 Å². The minimum absolute atomic E-state index is 0.0106. The number of carbonyl (C=O) groups is 5. The number of cyclic esters (lactones) is 2. The molecular weight excluding hydrogens is 959 g/mol. The van der Waals surface area contributed by atoms with Crippen LogP contribution in [0.2, 0.25) is 0 Å². The number of benzene rings is 2. The number of halogens is 2. The number of carbonyl (C=O) groups excluding carboxylic acids is 5. The second-order valence-corrected chi connectivity index (χ2v) is 23.9. The summed E-state index contributed by atoms with van der Waals surface area (Å²) in [6.45, 7) is 20.6. The number of alkyl carbamates (subject to hydrolysis) is 1. The molecule has 0 aromatic heterocycles. The number of nitrogens with zero attached hydrogens (tertiary/aromatic N) is 1. The smallest absolute Gasteiger partial charge is 0.420 e. The lowest BCUT2D eigenvalue weighted by Crippen LogP contribution is -2.53. The highest BCUT2D eigenvalue weighted by Gasteiger charge is 2.45. The predicted octanol–water partition coefficient (Wildman–Crippen LogP) is 11.3. The molecule has 0 radical (unpaired) electrons. The SMILES string of the molecule is C[C@@H]1OC(=O)[C@@H](NC(=O)OC(C)(C)C)CCC[C@H](CCOCC2CC2c2cccc(CO[C@@H]3[C@@H](Cc4ccc(F)cc4F)CCC[C@H](N(C(=O)OC(C)(C)C)C(=O)OC(C)(C)C)C(=O)O[C@H]3C)c2)[C@H]1OCC1CC1. The molecule has 6 rings (SSSR count). The predicted molar refractivity (Wildman–Crippen MR) is 271 cm³/mol. The quantitative estimate of drug-likeness (QED) is 0.0956. The maximum Gasteiger partial charge on any atom is 0.420 e. The van der Waals surface area contributed by atoms with Crippen LogP contribution < -0.4 is 5.32 Å². The van der Waals surface area contributed by atoms with Gasteiger partial charge in [0, 0.05) is 25.9 Å². The zero-order valence-electron chi connectivity index (χ0n) is 45.5. The maximum atomic E-state index is 15.3. The molecule has 1 N–H and O–H groups in total. The van der Waals surface area contributed by atoms with E-state index in [-0.39, 0.29) is 43.0 Å². The van der Waals surface area contributed by atoms with E-state index in [1.54, 1.807) is 69.2 Å². The van der Waals surface area contributed by atoms with Crippen LogP contribution in [-0.4, -0.2) is 108 Å². The van der Waals surface area contributed by atoms with Crippen LogP contribution in [0.15, 0.2) is 42.5 Å². The summed E-state index contributed by atoms with van der Waals surface area (Å²) in [4.78, 5) is 68.0. The summed E-state index contributed by atoms with van der Waals surface area (Å²) in [5.74, 6) is -1.97. The fourth-order valence-corrected chi connectivity index (χ4v) is 9.90. The molecule has 2 aromatic carbocycles. The van der Waals surface area contributed by atoms with Crippen molar-refractivity contribution in [2.75, 3.05) is 19.8 Å². The number of esters is 2. The Morgan fingerprint density at radius 1 is 0.703 bits per heavy atom. The van der Waals surface area contributed by atoms with Gasteiger partial charge in [-0.1, -0.05) is 43.2 Å². The van der Waals surface area contributed by atoms with Crippen molar-refractivity contribution in [3.63, 3.8) is 0 Å². The molecule has 2 saturated carbocycles. The number of hydrogen-bond donors (Lipinski definition) is 1. The summed E-state index contributed by atoms with van der Waals surface area (Å²) in [6.07, 6.45) is 1.39. The normalized spacial score (nSPS) is 27.1. The van der Waals surface area contributed by atoms with Crippen molar-refractivity contribution in [1.82, 2.24) is 10.2 Å². The Balaban J connectivity index is 1.09. The van der Waals surface area contributed by atoms with E-state index >= 15 is 4.39 Å². The molecule has 2 unspecified atom stereocenters. The fraction of sp³-hybridized carbons (Fsp3) is 0.702. The Bertz CT molecular complexity index is 2210. The molecule has 2 saturated heterocycles. The lowest BCUT2D eigenvalue weighted by molar-refractivity contribution is -0.165. The topological polar surface area (TPSA) is 174 Å². The summed E-state index contributed by atoms with van der Waals surface area (Å²) >= 11 is 0. The van der Waals surface area contributed by atoms with Gasteiger partial charge in [-0.2, -0.15) is 4.90 Å². The van der Waals surface area contributed by atoms with Crippen molar-refractivity contribution in [3.8, 4) is 0 Å². The Labute approximate surface area is 436 Å². The molecular formula is C57H82F2N2O13. The van der Waals surface area contributed by atoms with Crippen molar-refractivity contribution in [2.24, 2.45) is 23.7 Å². The minimum Gasteiger partial charge on any atom is -0.458 e. The highest BCUT2D eigenvalue weighted by molar-refractivity contribution is 5.94. The van der Waals surface area contributed by atoms with Crippen LogP contribution in [0, 0.1) is 35.3 Å². The molecule has 2 aliphatic carbocycles. The van der Waals surface area contributed by atoms with E-state index < -0.39 is 95.0 Å². The average molecular weight is 1040 g/mol. The van der Waals surface area contributed by atoms with Crippen molar-refractivity contribution < 1.29 is 70.6 Å². The molecule has 4 fully saturated rings. The zero-order chi connectivity index (χ0) is 54.1. The standard InChI is InChI=1S/C57H82F2N2O13/c1-34-48(68-31-36-21-22-36)38(16-13-19-46(50(62)70-34)60-52(64)72-55(3,4)5)25-26-67-33-42-29-44(42)39-17-12-15-37(27-39)32-69-49-35(2)71-51(63)47(20-14-18-41(49)28-40-23-24-43(58)30-45(40)59)61(53(65)73-56(6,7)8)54(66)74-57(9,10)11/h12,15,17,23-24,27,30,34-36,38,41-42,44,46-49H,13-14,16,18-22,25-26,28-29,31-33H2,1-11H3,(H,60,64)/t34-,35-,38+,41+,42?,44?,46-,47-,48-,49-/m0/s1. The molecule has 17 heteroatoms. The lowest BCUT2D eigenvalue weighted by Gasteiger charge is -2.33. The Kier molecular flexibility index (Phi) is 20.0. The zero-order valence-corrected chi connectivity index (χ0v) is 45.5. The van der Waals surface area contributed by atoms with E-state index in [1.165, 1.54) is 12.1 Å². The molecule has 10 atom stereocenters. The van der Waals surface area contributed by atoms with Crippen LogP contribution >= 0.6 is 0 Å². The minimum atomic E-state index is -1.39. The number of hydrogen-bond acceptors (Lipinski definition) is 13. The summed E-state index contributed by atoms with van der Waals surface area (Å²) in [7, 11) is 0. The van der Waals surface area contributed by atoms with Crippen molar-refractivity contribution >= 4 is 30.2 Å². The van der Waals surface area contributed by atoms with Crippen LogP contribution in [0.3, 0.4) is 0 Å². The first-order chi connectivity index (χ1) is 34.7. The Morgan fingerprint density at radius 3 is 1.96 bits per heavy atom.